The SMILES string of the molecule is Cc1ccc(S(=O)(=O)OC2CCS(=O)C2)cc1. The average Bonchev–Trinajstić information content (AvgIpc) is 2.63. The third-order valence-electron chi connectivity index (χ3n) is 2.61. The van der Waals surface area contributed by atoms with Gasteiger partial charge in [-0.25, -0.2) is 0 Å². The van der Waals surface area contributed by atoms with Crippen LogP contribution in [0.25, 0.3) is 0 Å². The lowest BCUT2D eigenvalue weighted by Crippen LogP contribution is -2.18. The highest BCUT2D eigenvalue weighted by Crippen LogP contribution is 2.19. The summed E-state index contributed by atoms with van der Waals surface area (Å²) >= 11 is 0. The van der Waals surface area contributed by atoms with Crippen LogP contribution in [0.2, 0.25) is 0 Å². The van der Waals surface area contributed by atoms with Gasteiger partial charge in [0.05, 0.1) is 16.8 Å². The van der Waals surface area contributed by atoms with Crippen LogP contribution in [-0.2, 0) is 25.1 Å². The lowest BCUT2D eigenvalue weighted by Gasteiger charge is -2.10. The Morgan fingerprint density at radius 2 is 1.94 bits per heavy atom. The Kier molecular flexibility index (Phi) is 3.65. The molecule has 2 unspecified atom stereocenters. The van der Waals surface area contributed by atoms with Crippen molar-refractivity contribution in [2.45, 2.75) is 24.3 Å². The highest BCUT2D eigenvalue weighted by molar-refractivity contribution is 7.87. The normalized spacial score (nSPS) is 25.0. The maximum Gasteiger partial charge on any atom is 0.297 e. The second-order valence-electron chi connectivity index (χ2n) is 4.08. The van der Waals surface area contributed by atoms with Crippen molar-refractivity contribution >= 4 is 20.9 Å². The van der Waals surface area contributed by atoms with E-state index in [1.165, 1.54) is 12.1 Å². The lowest BCUT2D eigenvalue weighted by molar-refractivity contribution is 0.236. The molecule has 6 heteroatoms. The summed E-state index contributed by atoms with van der Waals surface area (Å²) in [4.78, 5) is 0.154. The van der Waals surface area contributed by atoms with E-state index in [9.17, 15) is 12.6 Å². The van der Waals surface area contributed by atoms with E-state index in [1.54, 1.807) is 12.1 Å². The van der Waals surface area contributed by atoms with Crippen LogP contribution >= 0.6 is 0 Å². The molecule has 1 aromatic carbocycles. The maximum atomic E-state index is 11.9. The third-order valence-corrected chi connectivity index (χ3v) is 5.42. The zero-order valence-corrected chi connectivity index (χ0v) is 11.1. The molecule has 4 nitrogen and oxygen atoms in total. The van der Waals surface area contributed by atoms with Gasteiger partial charge < -0.3 is 0 Å². The Morgan fingerprint density at radius 1 is 1.29 bits per heavy atom. The van der Waals surface area contributed by atoms with Gasteiger partial charge >= 0.3 is 0 Å². The minimum atomic E-state index is -3.72. The molecule has 1 heterocycles. The molecule has 17 heavy (non-hydrogen) atoms. The van der Waals surface area contributed by atoms with Gasteiger partial charge in [0.1, 0.15) is 0 Å². The van der Waals surface area contributed by atoms with Gasteiger partial charge in [0.2, 0.25) is 0 Å². The molecule has 0 N–H and O–H groups in total. The van der Waals surface area contributed by atoms with Crippen LogP contribution < -0.4 is 0 Å². The fourth-order valence-electron chi connectivity index (χ4n) is 1.65. The predicted molar refractivity (Wildman–Crippen MR) is 65.7 cm³/mol. The molecule has 1 aromatic rings. The number of hydrogen-bond acceptors (Lipinski definition) is 4. The molecular weight excluding hydrogens is 260 g/mol. The van der Waals surface area contributed by atoms with Crippen LogP contribution in [0.15, 0.2) is 29.2 Å². The highest BCUT2D eigenvalue weighted by Gasteiger charge is 2.28. The third kappa shape index (κ3) is 3.14. The molecule has 1 fully saturated rings. The summed E-state index contributed by atoms with van der Waals surface area (Å²) in [6, 6.07) is 6.50. The van der Waals surface area contributed by atoms with E-state index in [-0.39, 0.29) is 4.90 Å². The monoisotopic (exact) mass is 274 g/mol. The van der Waals surface area contributed by atoms with Crippen molar-refractivity contribution in [2.24, 2.45) is 0 Å². The van der Waals surface area contributed by atoms with Gasteiger partial charge in [0, 0.05) is 16.6 Å². The summed E-state index contributed by atoms with van der Waals surface area (Å²) in [7, 11) is -4.66. The van der Waals surface area contributed by atoms with E-state index in [1.807, 2.05) is 6.92 Å². The summed E-state index contributed by atoms with van der Waals surface area (Å²) in [5.74, 6) is 0.833. The lowest BCUT2D eigenvalue weighted by atomic mass is 10.2. The first-order valence-corrected chi connectivity index (χ1v) is 8.22. The van der Waals surface area contributed by atoms with Gasteiger partial charge in [-0.3, -0.25) is 8.39 Å². The number of hydrogen-bond donors (Lipinski definition) is 0. The van der Waals surface area contributed by atoms with Gasteiger partial charge in [-0.1, -0.05) is 17.7 Å². The Balaban J connectivity index is 2.14. The Morgan fingerprint density at radius 3 is 2.47 bits per heavy atom. The zero-order valence-electron chi connectivity index (χ0n) is 9.46. The molecule has 0 aliphatic carbocycles. The predicted octanol–water partition coefficient (Wildman–Crippen LogP) is 1.22. The van der Waals surface area contributed by atoms with Gasteiger partial charge in [-0.05, 0) is 25.5 Å². The van der Waals surface area contributed by atoms with Gasteiger partial charge in [-0.2, -0.15) is 8.42 Å². The maximum absolute atomic E-state index is 11.9. The van der Waals surface area contributed by atoms with Crippen LogP contribution in [0.5, 0.6) is 0 Å². The molecule has 1 aliphatic rings. The highest BCUT2D eigenvalue weighted by atomic mass is 32.2. The summed E-state index contributed by atoms with van der Waals surface area (Å²) in [5.41, 5.74) is 0.992. The van der Waals surface area contributed by atoms with E-state index in [0.29, 0.717) is 17.9 Å². The molecule has 0 aromatic heterocycles. The van der Waals surface area contributed by atoms with Crippen LogP contribution in [0, 0.1) is 6.92 Å². The van der Waals surface area contributed by atoms with Crippen molar-refractivity contribution in [1.82, 2.24) is 0 Å². The molecule has 94 valence electrons. The molecular formula is C11H14O4S2. The van der Waals surface area contributed by atoms with E-state index in [2.05, 4.69) is 0 Å². The molecule has 0 bridgehead atoms. The molecule has 2 atom stereocenters. The summed E-state index contributed by atoms with van der Waals surface area (Å²) < 4.78 is 40.0. The van der Waals surface area contributed by atoms with E-state index >= 15 is 0 Å². The fourth-order valence-corrected chi connectivity index (χ4v) is 4.18. The molecule has 0 radical (unpaired) electrons. The molecule has 1 aliphatic heterocycles. The second-order valence-corrected chi connectivity index (χ2v) is 7.28. The van der Waals surface area contributed by atoms with Gasteiger partial charge in [0.25, 0.3) is 10.1 Å². The summed E-state index contributed by atoms with van der Waals surface area (Å²) in [6.07, 6.45) is 0.0969. The van der Waals surface area contributed by atoms with Gasteiger partial charge in [-0.15, -0.1) is 0 Å². The van der Waals surface area contributed by atoms with Crippen LogP contribution in [0.3, 0.4) is 0 Å². The topological polar surface area (TPSA) is 60.4 Å². The van der Waals surface area contributed by atoms with E-state index in [4.69, 9.17) is 4.18 Å². The van der Waals surface area contributed by atoms with Crippen molar-refractivity contribution in [3.05, 3.63) is 29.8 Å². The second kappa shape index (κ2) is 4.88. The van der Waals surface area contributed by atoms with Crippen molar-refractivity contribution in [3.8, 4) is 0 Å². The van der Waals surface area contributed by atoms with Crippen LogP contribution in [0.1, 0.15) is 12.0 Å². The molecule has 0 saturated carbocycles. The summed E-state index contributed by atoms with van der Waals surface area (Å²) in [5, 5.41) is 0. The number of aryl methyl sites for hydroxylation is 1. The smallest absolute Gasteiger partial charge is 0.262 e. The van der Waals surface area contributed by atoms with E-state index < -0.39 is 27.0 Å². The Hall–Kier alpha value is -0.720. The van der Waals surface area contributed by atoms with Gasteiger partial charge in [0.15, 0.2) is 0 Å². The molecule has 1 saturated heterocycles. The minimum absolute atomic E-state index is 0.154. The molecule has 0 spiro atoms. The van der Waals surface area contributed by atoms with Crippen LogP contribution in [0.4, 0.5) is 0 Å². The number of benzene rings is 1. The Bertz CT molecular complexity index is 519. The standard InChI is InChI=1S/C11H14O4S2/c1-9-2-4-11(5-3-9)17(13,14)15-10-6-7-16(12)8-10/h2-5,10H,6-8H2,1H3. The molecule has 2 rings (SSSR count). The van der Waals surface area contributed by atoms with Crippen molar-refractivity contribution in [1.29, 1.82) is 0 Å². The largest absolute Gasteiger partial charge is 0.297 e. The quantitative estimate of drug-likeness (QED) is 0.778. The summed E-state index contributed by atoms with van der Waals surface area (Å²) in [6.45, 7) is 1.89. The fraction of sp³-hybridized carbons (Fsp3) is 0.455. The first-order valence-electron chi connectivity index (χ1n) is 5.32. The van der Waals surface area contributed by atoms with E-state index in [0.717, 1.165) is 5.56 Å². The van der Waals surface area contributed by atoms with Crippen molar-refractivity contribution in [3.63, 3.8) is 0 Å². The Labute approximate surface area is 104 Å². The van der Waals surface area contributed by atoms with Crippen molar-refractivity contribution in [2.75, 3.05) is 11.5 Å². The van der Waals surface area contributed by atoms with Crippen LogP contribution in [-0.4, -0.2) is 30.2 Å². The average molecular weight is 274 g/mol. The minimum Gasteiger partial charge on any atom is -0.262 e. The van der Waals surface area contributed by atoms with Crippen molar-refractivity contribution < 1.29 is 16.8 Å². The first kappa shape index (κ1) is 12.7. The zero-order chi connectivity index (χ0) is 12.5. The first-order chi connectivity index (χ1) is 7.97. The number of rotatable bonds is 3. The molecule has 0 amide bonds.